The molecule has 2 N–H and O–H groups in total. The quantitative estimate of drug-likeness (QED) is 0.581. The molecular formula is C24H29N5OS. The van der Waals surface area contributed by atoms with Gasteiger partial charge in [0.25, 0.3) is 0 Å². The van der Waals surface area contributed by atoms with Crippen LogP contribution in [0.3, 0.4) is 0 Å². The summed E-state index contributed by atoms with van der Waals surface area (Å²) in [6.07, 6.45) is 2.80. The van der Waals surface area contributed by atoms with Crippen molar-refractivity contribution in [3.05, 3.63) is 70.5 Å². The fraction of sp³-hybridized carbons (Fsp3) is 0.375. The molecule has 0 unspecified atom stereocenters. The first kappa shape index (κ1) is 21.4. The first-order chi connectivity index (χ1) is 15.0. The van der Waals surface area contributed by atoms with Gasteiger partial charge in [0.15, 0.2) is 5.82 Å². The molecule has 2 heterocycles. The Kier molecular flexibility index (Phi) is 6.32. The second kappa shape index (κ2) is 9.14. The van der Waals surface area contributed by atoms with E-state index in [1.807, 2.05) is 22.9 Å². The number of hydrogen-bond donors (Lipinski definition) is 2. The zero-order chi connectivity index (χ0) is 22.0. The molecule has 2 atom stereocenters. The van der Waals surface area contributed by atoms with E-state index in [4.69, 9.17) is 0 Å². The summed E-state index contributed by atoms with van der Waals surface area (Å²) >= 11 is 1.47. The minimum atomic E-state index is -0.375. The van der Waals surface area contributed by atoms with Crippen LogP contribution in [0.1, 0.15) is 54.4 Å². The summed E-state index contributed by atoms with van der Waals surface area (Å²) in [5.74, 6) is 0.852. The van der Waals surface area contributed by atoms with E-state index < -0.39 is 0 Å². The molecule has 1 aromatic heterocycles. The number of rotatable bonds is 6. The molecule has 7 heteroatoms. The zero-order valence-corrected chi connectivity index (χ0v) is 19.3. The molecule has 6 nitrogen and oxygen atoms in total. The second-order valence-electron chi connectivity index (χ2n) is 8.01. The molecule has 3 aromatic rings. The van der Waals surface area contributed by atoms with Crippen LogP contribution in [-0.2, 0) is 17.6 Å². The van der Waals surface area contributed by atoms with Gasteiger partial charge in [-0.3, -0.25) is 4.79 Å². The van der Waals surface area contributed by atoms with Crippen molar-refractivity contribution in [3.63, 3.8) is 0 Å². The van der Waals surface area contributed by atoms with Crippen molar-refractivity contribution in [2.75, 3.05) is 10.7 Å². The largest absolute Gasteiger partial charge is 0.325 e. The van der Waals surface area contributed by atoms with E-state index in [1.54, 1.807) is 0 Å². The lowest BCUT2D eigenvalue weighted by molar-refractivity contribution is -0.116. The standard InChI is InChI=1S/C24H29N5OS/c1-5-7-20-26-27-24-29(20)28-21(18-11-9-17(6-2)10-12-18)22(31-24)23(30)25-19-13-8-15(3)16(4)14-19/h8-14,21-22,28H,5-7H2,1-4H3,(H,25,30)/t21-,22-/m0/s1. The summed E-state index contributed by atoms with van der Waals surface area (Å²) in [4.78, 5) is 13.4. The Morgan fingerprint density at radius 3 is 2.55 bits per heavy atom. The number of carbonyl (C=O) groups excluding carboxylic acids is 1. The molecule has 0 saturated heterocycles. The maximum Gasteiger partial charge on any atom is 0.240 e. The van der Waals surface area contributed by atoms with Crippen LogP contribution in [0.15, 0.2) is 47.6 Å². The number of benzene rings is 2. The van der Waals surface area contributed by atoms with Crippen molar-refractivity contribution in [1.29, 1.82) is 0 Å². The fourth-order valence-corrected chi connectivity index (χ4v) is 4.83. The Hall–Kier alpha value is -2.80. The maximum atomic E-state index is 13.4. The molecular weight excluding hydrogens is 406 g/mol. The number of nitrogens with one attached hydrogen (secondary N) is 2. The summed E-state index contributed by atoms with van der Waals surface area (Å²) in [5, 5.41) is 12.1. The molecule has 4 rings (SSSR count). The molecule has 1 aliphatic heterocycles. The average Bonchev–Trinajstić information content (AvgIpc) is 3.17. The smallest absolute Gasteiger partial charge is 0.240 e. The Labute approximate surface area is 187 Å². The number of anilines is 1. The van der Waals surface area contributed by atoms with Crippen LogP contribution in [0.5, 0.6) is 0 Å². The van der Waals surface area contributed by atoms with Gasteiger partial charge in [-0.1, -0.05) is 55.9 Å². The van der Waals surface area contributed by atoms with Gasteiger partial charge in [0.05, 0.1) is 6.04 Å². The first-order valence-electron chi connectivity index (χ1n) is 10.8. The van der Waals surface area contributed by atoms with Gasteiger partial charge in [0.2, 0.25) is 11.1 Å². The van der Waals surface area contributed by atoms with Gasteiger partial charge in [0.1, 0.15) is 5.25 Å². The van der Waals surface area contributed by atoms with Crippen LogP contribution >= 0.6 is 11.8 Å². The molecule has 0 bridgehead atoms. The summed E-state index contributed by atoms with van der Waals surface area (Å²) < 4.78 is 1.95. The monoisotopic (exact) mass is 435 g/mol. The highest BCUT2D eigenvalue weighted by Crippen LogP contribution is 2.38. The number of thioether (sulfide) groups is 1. The highest BCUT2D eigenvalue weighted by atomic mass is 32.2. The lowest BCUT2D eigenvalue weighted by atomic mass is 10.0. The Balaban J connectivity index is 1.65. The maximum absolute atomic E-state index is 13.4. The van der Waals surface area contributed by atoms with Crippen molar-refractivity contribution < 1.29 is 4.79 Å². The predicted molar refractivity (Wildman–Crippen MR) is 126 cm³/mol. The van der Waals surface area contributed by atoms with Crippen LogP contribution in [0, 0.1) is 13.8 Å². The number of hydrogen-bond acceptors (Lipinski definition) is 5. The van der Waals surface area contributed by atoms with Crippen molar-refractivity contribution in [2.45, 2.75) is 63.4 Å². The fourth-order valence-electron chi connectivity index (χ4n) is 3.73. The summed E-state index contributed by atoms with van der Waals surface area (Å²) in [6, 6.07) is 14.3. The van der Waals surface area contributed by atoms with Gasteiger partial charge in [-0.2, -0.15) is 0 Å². The van der Waals surface area contributed by atoms with E-state index in [2.05, 4.69) is 72.9 Å². The van der Waals surface area contributed by atoms with Crippen LogP contribution in [-0.4, -0.2) is 26.0 Å². The van der Waals surface area contributed by atoms with Crippen molar-refractivity contribution in [1.82, 2.24) is 14.9 Å². The number of nitrogens with zero attached hydrogens (tertiary/aromatic N) is 3. The SMILES string of the molecule is CCCc1nnc2n1N[C@@H](c1ccc(CC)cc1)[C@@H](C(=O)Nc1ccc(C)c(C)c1)S2. The third kappa shape index (κ3) is 4.46. The van der Waals surface area contributed by atoms with Gasteiger partial charge < -0.3 is 10.7 Å². The Morgan fingerprint density at radius 1 is 1.10 bits per heavy atom. The first-order valence-corrected chi connectivity index (χ1v) is 11.7. The van der Waals surface area contributed by atoms with Crippen molar-refractivity contribution in [2.24, 2.45) is 0 Å². The molecule has 2 aromatic carbocycles. The van der Waals surface area contributed by atoms with E-state index >= 15 is 0 Å². The highest BCUT2D eigenvalue weighted by Gasteiger charge is 2.37. The average molecular weight is 436 g/mol. The molecule has 0 fully saturated rings. The van der Waals surface area contributed by atoms with Gasteiger partial charge in [-0.25, -0.2) is 4.68 Å². The van der Waals surface area contributed by atoms with E-state index in [1.165, 1.54) is 22.9 Å². The zero-order valence-electron chi connectivity index (χ0n) is 18.5. The van der Waals surface area contributed by atoms with Crippen molar-refractivity contribution >= 4 is 23.4 Å². The topological polar surface area (TPSA) is 71.8 Å². The minimum Gasteiger partial charge on any atom is -0.325 e. The summed E-state index contributed by atoms with van der Waals surface area (Å²) in [6.45, 7) is 8.39. The molecule has 1 aliphatic rings. The van der Waals surface area contributed by atoms with Gasteiger partial charge in [-0.05, 0) is 61.1 Å². The molecule has 162 valence electrons. The van der Waals surface area contributed by atoms with Gasteiger partial charge >= 0.3 is 0 Å². The highest BCUT2D eigenvalue weighted by molar-refractivity contribution is 8.00. The van der Waals surface area contributed by atoms with E-state index in [0.717, 1.165) is 47.1 Å². The summed E-state index contributed by atoms with van der Waals surface area (Å²) in [7, 11) is 0. The molecule has 0 aliphatic carbocycles. The second-order valence-corrected chi connectivity index (χ2v) is 9.12. The molecule has 0 radical (unpaired) electrons. The van der Waals surface area contributed by atoms with Crippen LogP contribution in [0.2, 0.25) is 0 Å². The lowest BCUT2D eigenvalue weighted by Gasteiger charge is -2.33. The Bertz CT molecular complexity index is 1080. The number of fused-ring (bicyclic) bond motifs is 1. The third-order valence-electron chi connectivity index (χ3n) is 5.76. The molecule has 31 heavy (non-hydrogen) atoms. The van der Waals surface area contributed by atoms with Gasteiger partial charge in [-0.15, -0.1) is 10.2 Å². The van der Waals surface area contributed by atoms with Gasteiger partial charge in [0, 0.05) is 12.1 Å². The predicted octanol–water partition coefficient (Wildman–Crippen LogP) is 4.81. The minimum absolute atomic E-state index is 0.0448. The van der Waals surface area contributed by atoms with Crippen LogP contribution in [0.25, 0.3) is 0 Å². The number of amides is 1. The number of aryl methyl sites for hydroxylation is 4. The van der Waals surface area contributed by atoms with E-state index in [-0.39, 0.29) is 17.2 Å². The molecule has 1 amide bonds. The van der Waals surface area contributed by atoms with Crippen molar-refractivity contribution in [3.8, 4) is 0 Å². The molecule has 0 saturated carbocycles. The van der Waals surface area contributed by atoms with Crippen LogP contribution < -0.4 is 10.7 Å². The van der Waals surface area contributed by atoms with E-state index in [0.29, 0.717) is 0 Å². The lowest BCUT2D eigenvalue weighted by Crippen LogP contribution is -2.41. The number of aromatic nitrogens is 3. The Morgan fingerprint density at radius 2 is 1.87 bits per heavy atom. The van der Waals surface area contributed by atoms with Crippen LogP contribution in [0.4, 0.5) is 5.69 Å². The third-order valence-corrected chi connectivity index (χ3v) is 6.97. The summed E-state index contributed by atoms with van der Waals surface area (Å²) in [5.41, 5.74) is 9.06. The van der Waals surface area contributed by atoms with E-state index in [9.17, 15) is 4.79 Å². The normalized spacial score (nSPS) is 17.7. The molecule has 0 spiro atoms. The number of carbonyl (C=O) groups is 1.